The van der Waals surface area contributed by atoms with E-state index in [1.165, 1.54) is 0 Å². The van der Waals surface area contributed by atoms with E-state index < -0.39 is 24.2 Å². The van der Waals surface area contributed by atoms with Gasteiger partial charge in [-0.1, -0.05) is 55.3 Å². The lowest BCUT2D eigenvalue weighted by Gasteiger charge is -2.33. The molecule has 0 radical (unpaired) electrons. The lowest BCUT2D eigenvalue weighted by Crippen LogP contribution is -2.36. The Morgan fingerprint density at radius 3 is 2.57 bits per heavy atom. The van der Waals surface area contributed by atoms with Gasteiger partial charge in [0, 0.05) is 13.0 Å². The molecule has 3 rings (SSSR count). The first-order valence-corrected chi connectivity index (χ1v) is 9.41. The highest BCUT2D eigenvalue weighted by Gasteiger charge is 2.47. The number of rotatable bonds is 4. The van der Waals surface area contributed by atoms with Crippen molar-refractivity contribution in [1.82, 2.24) is 15.1 Å². The van der Waals surface area contributed by atoms with Gasteiger partial charge in [0.2, 0.25) is 0 Å². The molecule has 0 spiro atoms. The number of benzene rings is 1. The van der Waals surface area contributed by atoms with Gasteiger partial charge in [0.25, 0.3) is 5.91 Å². The Balaban J connectivity index is 1.98. The van der Waals surface area contributed by atoms with Crippen LogP contribution in [0.25, 0.3) is 0 Å². The number of carbonyl (C=O) groups is 1. The zero-order valence-corrected chi connectivity index (χ0v) is 16.5. The first-order valence-electron chi connectivity index (χ1n) is 9.04. The molecule has 1 aliphatic rings. The second-order valence-corrected chi connectivity index (χ2v) is 7.84. The fourth-order valence-corrected chi connectivity index (χ4v) is 3.40. The molecule has 9 heteroatoms. The minimum absolute atomic E-state index is 0.00973. The highest BCUT2D eigenvalue weighted by Crippen LogP contribution is 2.46. The van der Waals surface area contributed by atoms with Crippen molar-refractivity contribution in [3.63, 3.8) is 0 Å². The number of hydrogen-bond acceptors (Lipinski definition) is 3. The van der Waals surface area contributed by atoms with Crippen molar-refractivity contribution >= 4 is 23.3 Å². The zero-order chi connectivity index (χ0) is 20.6. The molecule has 0 bridgehead atoms. The van der Waals surface area contributed by atoms with E-state index in [4.69, 9.17) is 11.6 Å². The van der Waals surface area contributed by atoms with Crippen LogP contribution in [0.1, 0.15) is 54.0 Å². The summed E-state index contributed by atoms with van der Waals surface area (Å²) in [6.45, 7) is 6.10. The number of alkyl halides is 3. The molecule has 28 heavy (non-hydrogen) atoms. The van der Waals surface area contributed by atoms with Crippen LogP contribution in [0.4, 0.5) is 19.0 Å². The van der Waals surface area contributed by atoms with Gasteiger partial charge in [-0.3, -0.25) is 4.79 Å². The van der Waals surface area contributed by atoms with E-state index in [0.29, 0.717) is 12.1 Å². The van der Waals surface area contributed by atoms with Gasteiger partial charge in [-0.05, 0) is 18.4 Å². The molecule has 0 saturated heterocycles. The van der Waals surface area contributed by atoms with Crippen molar-refractivity contribution in [2.75, 3.05) is 11.9 Å². The second kappa shape index (κ2) is 7.66. The molecule has 152 valence electrons. The second-order valence-electron chi connectivity index (χ2n) is 7.46. The highest BCUT2D eigenvalue weighted by atomic mass is 35.5. The average molecular weight is 415 g/mol. The first kappa shape index (κ1) is 20.5. The Kier molecular flexibility index (Phi) is 5.61. The maximum atomic E-state index is 13.7. The fourth-order valence-electron chi connectivity index (χ4n) is 3.13. The summed E-state index contributed by atoms with van der Waals surface area (Å²) in [6.07, 6.45) is -4.77. The van der Waals surface area contributed by atoms with Crippen molar-refractivity contribution < 1.29 is 18.0 Å². The van der Waals surface area contributed by atoms with Crippen LogP contribution < -0.4 is 10.6 Å². The quantitative estimate of drug-likeness (QED) is 0.748. The molecular formula is C19H22ClF3N4O. The van der Waals surface area contributed by atoms with Crippen LogP contribution in [0.2, 0.25) is 5.02 Å². The van der Waals surface area contributed by atoms with Gasteiger partial charge >= 0.3 is 6.18 Å². The van der Waals surface area contributed by atoms with Crippen LogP contribution in [0, 0.1) is 12.8 Å². The highest BCUT2D eigenvalue weighted by molar-refractivity contribution is 6.36. The van der Waals surface area contributed by atoms with Gasteiger partial charge in [0.15, 0.2) is 11.7 Å². The molecule has 1 aliphatic heterocycles. The summed E-state index contributed by atoms with van der Waals surface area (Å²) in [5.41, 5.74) is 1.52. The van der Waals surface area contributed by atoms with Crippen LogP contribution in [-0.4, -0.2) is 28.4 Å². The van der Waals surface area contributed by atoms with Crippen LogP contribution in [0.5, 0.6) is 0 Å². The minimum Gasteiger partial charge on any atom is -0.362 e. The lowest BCUT2D eigenvalue weighted by atomic mass is 9.96. The number of fused-ring (bicyclic) bond motifs is 1. The van der Waals surface area contributed by atoms with Crippen molar-refractivity contribution in [1.29, 1.82) is 0 Å². The van der Waals surface area contributed by atoms with Crippen molar-refractivity contribution in [3.8, 4) is 0 Å². The number of carbonyl (C=O) groups excluding carboxylic acids is 1. The third kappa shape index (κ3) is 4.11. The number of halogens is 4. The summed E-state index contributed by atoms with van der Waals surface area (Å²) >= 11 is 6.27. The van der Waals surface area contributed by atoms with Crippen molar-refractivity contribution in [2.45, 2.75) is 45.5 Å². The topological polar surface area (TPSA) is 59.0 Å². The molecule has 2 N–H and O–H groups in total. The van der Waals surface area contributed by atoms with Crippen LogP contribution in [0.3, 0.4) is 0 Å². The number of amides is 1. The molecule has 1 amide bonds. The maximum absolute atomic E-state index is 13.7. The average Bonchev–Trinajstić information content (AvgIpc) is 2.95. The van der Waals surface area contributed by atoms with Gasteiger partial charge in [0.1, 0.15) is 10.8 Å². The van der Waals surface area contributed by atoms with E-state index in [9.17, 15) is 18.0 Å². The Morgan fingerprint density at radius 2 is 2.00 bits per heavy atom. The smallest absolute Gasteiger partial charge is 0.362 e. The summed E-state index contributed by atoms with van der Waals surface area (Å²) in [5, 5.41) is 9.48. The Morgan fingerprint density at radius 1 is 1.36 bits per heavy atom. The lowest BCUT2D eigenvalue weighted by molar-refractivity contribution is -0.173. The van der Waals surface area contributed by atoms with E-state index in [1.807, 2.05) is 32.9 Å². The number of aryl methyl sites for hydroxylation is 1. The molecule has 2 aromatic rings. The maximum Gasteiger partial charge on any atom is 0.410 e. The van der Waals surface area contributed by atoms with E-state index in [2.05, 4.69) is 15.7 Å². The predicted octanol–water partition coefficient (Wildman–Crippen LogP) is 4.89. The molecule has 1 aromatic carbocycles. The van der Waals surface area contributed by atoms with Gasteiger partial charge in [-0.15, -0.1) is 0 Å². The Hall–Kier alpha value is -2.22. The molecule has 1 aromatic heterocycles. The largest absolute Gasteiger partial charge is 0.410 e. The van der Waals surface area contributed by atoms with E-state index in [0.717, 1.165) is 10.2 Å². The number of hydrogen-bond donors (Lipinski definition) is 2. The normalized spacial score (nSPS) is 19.3. The summed E-state index contributed by atoms with van der Waals surface area (Å²) < 4.78 is 42.0. The van der Waals surface area contributed by atoms with Crippen LogP contribution in [-0.2, 0) is 0 Å². The standard InChI is InChI=1S/C19H22ClF3N4O/c1-10(2)9-24-18(28)16-15(20)17-25-13(12-6-4-11(3)5-7-12)8-14(19(21,22)23)27(17)26-16/h4-7,10,13-14,25H,8-9H2,1-3H3,(H,24,28). The number of aromatic nitrogens is 2. The van der Waals surface area contributed by atoms with Crippen molar-refractivity contribution in [3.05, 3.63) is 46.1 Å². The first-order chi connectivity index (χ1) is 13.1. The molecule has 2 heterocycles. The van der Waals surface area contributed by atoms with Gasteiger partial charge in [-0.2, -0.15) is 18.3 Å². The van der Waals surface area contributed by atoms with E-state index >= 15 is 0 Å². The summed E-state index contributed by atoms with van der Waals surface area (Å²) in [4.78, 5) is 12.4. The van der Waals surface area contributed by atoms with Crippen LogP contribution in [0.15, 0.2) is 24.3 Å². The minimum atomic E-state index is -4.53. The summed E-state index contributed by atoms with van der Waals surface area (Å²) in [6, 6.07) is 4.79. The van der Waals surface area contributed by atoms with E-state index in [-0.39, 0.29) is 28.9 Å². The Bertz CT molecular complexity index is 861. The summed E-state index contributed by atoms with van der Waals surface area (Å²) in [7, 11) is 0. The third-order valence-electron chi connectivity index (χ3n) is 4.66. The molecule has 0 fully saturated rings. The van der Waals surface area contributed by atoms with Gasteiger partial charge in [0.05, 0.1) is 6.04 Å². The molecule has 0 aliphatic carbocycles. The fraction of sp³-hybridized carbons (Fsp3) is 0.474. The molecule has 2 unspecified atom stereocenters. The molecule has 0 saturated carbocycles. The molecule has 2 atom stereocenters. The number of anilines is 1. The molecule has 5 nitrogen and oxygen atoms in total. The monoisotopic (exact) mass is 414 g/mol. The van der Waals surface area contributed by atoms with E-state index in [1.54, 1.807) is 12.1 Å². The third-order valence-corrected chi connectivity index (χ3v) is 5.02. The Labute approximate surface area is 166 Å². The predicted molar refractivity (Wildman–Crippen MR) is 102 cm³/mol. The summed E-state index contributed by atoms with van der Waals surface area (Å²) in [5.74, 6) is -0.391. The van der Waals surface area contributed by atoms with Crippen LogP contribution >= 0.6 is 11.6 Å². The SMILES string of the molecule is Cc1ccc(C2CC(C(F)(F)F)n3nc(C(=O)NCC(C)C)c(Cl)c3N2)cc1. The van der Waals surface area contributed by atoms with Crippen molar-refractivity contribution in [2.24, 2.45) is 5.92 Å². The number of nitrogens with one attached hydrogen (secondary N) is 2. The number of nitrogens with zero attached hydrogens (tertiary/aromatic N) is 2. The van der Waals surface area contributed by atoms with Gasteiger partial charge in [-0.25, -0.2) is 4.68 Å². The zero-order valence-electron chi connectivity index (χ0n) is 15.8. The molecular weight excluding hydrogens is 393 g/mol. The van der Waals surface area contributed by atoms with Gasteiger partial charge < -0.3 is 10.6 Å².